The van der Waals surface area contributed by atoms with Crippen LogP contribution in [0.25, 0.3) is 0 Å². The van der Waals surface area contributed by atoms with Crippen molar-refractivity contribution >= 4 is 23.2 Å². The van der Waals surface area contributed by atoms with Crippen molar-refractivity contribution in [3.8, 4) is 6.01 Å². The number of hydrogen-bond donors (Lipinski definition) is 1. The van der Waals surface area contributed by atoms with Crippen molar-refractivity contribution in [3.05, 3.63) is 46.2 Å². The van der Waals surface area contributed by atoms with Gasteiger partial charge in [-0.25, -0.2) is 0 Å². The zero-order valence-electron chi connectivity index (χ0n) is 13.5. The lowest BCUT2D eigenvalue weighted by Crippen LogP contribution is -2.16. The summed E-state index contributed by atoms with van der Waals surface area (Å²) in [6.07, 6.45) is 0.995. The van der Waals surface area contributed by atoms with Crippen molar-refractivity contribution in [2.45, 2.75) is 33.6 Å². The number of aryl methyl sites for hydroxylation is 3. The zero-order valence-corrected chi connectivity index (χ0v) is 14.3. The average Bonchev–Trinajstić information content (AvgIpc) is 2.49. The first-order valence-electron chi connectivity index (χ1n) is 7.52. The Labute approximate surface area is 141 Å². The lowest BCUT2D eigenvalue weighted by Gasteiger charge is -2.12. The maximum atomic E-state index is 12.2. The fourth-order valence-electron chi connectivity index (χ4n) is 2.21. The molecule has 0 aliphatic heterocycles. The molecule has 0 aliphatic carbocycles. The van der Waals surface area contributed by atoms with Crippen molar-refractivity contribution in [1.29, 1.82) is 0 Å². The van der Waals surface area contributed by atoms with Gasteiger partial charge < -0.3 is 10.1 Å². The lowest BCUT2D eigenvalue weighted by atomic mass is 10.1. The van der Waals surface area contributed by atoms with E-state index in [9.17, 15) is 4.79 Å². The molecule has 0 spiro atoms. The molecule has 0 radical (unpaired) electrons. The number of aromatic nitrogens is 2. The second-order valence-corrected chi connectivity index (χ2v) is 5.60. The van der Waals surface area contributed by atoms with Crippen molar-refractivity contribution in [1.82, 2.24) is 9.97 Å². The molecule has 1 amide bonds. The first-order valence-corrected chi connectivity index (χ1v) is 7.89. The summed E-state index contributed by atoms with van der Waals surface area (Å²) in [5.41, 5.74) is 3.06. The third-order valence-electron chi connectivity index (χ3n) is 3.32. The number of benzene rings is 1. The van der Waals surface area contributed by atoms with Crippen LogP contribution in [0.15, 0.2) is 24.3 Å². The molecule has 0 aliphatic rings. The van der Waals surface area contributed by atoms with E-state index in [0.29, 0.717) is 47.6 Å². The van der Waals surface area contributed by atoms with E-state index in [-0.39, 0.29) is 5.91 Å². The fraction of sp³-hybridized carbons (Fsp3) is 0.353. The number of carbonyl (C=O) groups is 1. The average molecular weight is 334 g/mol. The first kappa shape index (κ1) is 17.2. The van der Waals surface area contributed by atoms with Crippen molar-refractivity contribution in [3.63, 3.8) is 0 Å². The first-order chi connectivity index (χ1) is 11.0. The van der Waals surface area contributed by atoms with Gasteiger partial charge in [-0.15, -0.1) is 0 Å². The Kier molecular flexibility index (Phi) is 5.93. The molecule has 0 saturated carbocycles. The van der Waals surface area contributed by atoms with Gasteiger partial charge in [-0.2, -0.15) is 9.97 Å². The number of amides is 1. The summed E-state index contributed by atoms with van der Waals surface area (Å²) < 4.78 is 5.30. The Morgan fingerprint density at radius 2 is 1.96 bits per heavy atom. The van der Waals surface area contributed by atoms with E-state index in [2.05, 4.69) is 15.3 Å². The Morgan fingerprint density at radius 1 is 1.26 bits per heavy atom. The van der Waals surface area contributed by atoms with Gasteiger partial charge in [0, 0.05) is 11.4 Å². The van der Waals surface area contributed by atoms with E-state index in [0.717, 1.165) is 5.56 Å². The van der Waals surface area contributed by atoms with E-state index < -0.39 is 0 Å². The highest BCUT2D eigenvalue weighted by Gasteiger charge is 2.12. The molecule has 6 heteroatoms. The van der Waals surface area contributed by atoms with Crippen molar-refractivity contribution in [2.75, 3.05) is 11.9 Å². The van der Waals surface area contributed by atoms with E-state index in [1.54, 1.807) is 0 Å². The summed E-state index contributed by atoms with van der Waals surface area (Å²) in [6, 6.07) is 7.85. The molecule has 23 heavy (non-hydrogen) atoms. The third-order valence-corrected chi connectivity index (χ3v) is 3.55. The van der Waals surface area contributed by atoms with Crippen LogP contribution in [-0.4, -0.2) is 22.5 Å². The van der Waals surface area contributed by atoms with Gasteiger partial charge in [0.25, 0.3) is 0 Å². The van der Waals surface area contributed by atoms with Crippen molar-refractivity contribution < 1.29 is 9.53 Å². The summed E-state index contributed by atoms with van der Waals surface area (Å²) in [5, 5.41) is 3.56. The predicted molar refractivity (Wildman–Crippen MR) is 91.1 cm³/mol. The van der Waals surface area contributed by atoms with Gasteiger partial charge in [-0.05, 0) is 44.9 Å². The Morgan fingerprint density at radius 3 is 2.57 bits per heavy atom. The number of carbonyl (C=O) groups excluding carboxylic acids is 1. The van der Waals surface area contributed by atoms with Gasteiger partial charge in [-0.1, -0.05) is 23.7 Å². The van der Waals surface area contributed by atoms with Gasteiger partial charge >= 0.3 is 6.01 Å². The summed E-state index contributed by atoms with van der Waals surface area (Å²) in [4.78, 5) is 20.6. The second-order valence-electron chi connectivity index (χ2n) is 5.16. The molecule has 0 atom stereocenters. The van der Waals surface area contributed by atoms with Crippen molar-refractivity contribution in [2.24, 2.45) is 0 Å². The largest absolute Gasteiger partial charge is 0.464 e. The number of halogens is 1. The number of ether oxygens (including phenoxy) is 1. The quantitative estimate of drug-likeness (QED) is 0.875. The number of nitrogens with one attached hydrogen (secondary N) is 1. The molecule has 1 heterocycles. The molecule has 0 bridgehead atoms. The summed E-state index contributed by atoms with van der Waals surface area (Å²) in [6.45, 7) is 6.03. The number of rotatable bonds is 6. The molecule has 2 aromatic rings. The molecule has 1 N–H and O–H groups in total. The topological polar surface area (TPSA) is 64.1 Å². The maximum Gasteiger partial charge on any atom is 0.316 e. The van der Waals surface area contributed by atoms with Crippen LogP contribution >= 0.6 is 11.6 Å². The van der Waals surface area contributed by atoms with Gasteiger partial charge in [0.05, 0.1) is 23.7 Å². The Bertz CT molecular complexity index is 681. The van der Waals surface area contributed by atoms with Crippen LogP contribution in [0.5, 0.6) is 6.01 Å². The summed E-state index contributed by atoms with van der Waals surface area (Å²) in [7, 11) is 0. The van der Waals surface area contributed by atoms with E-state index in [1.165, 1.54) is 0 Å². The molecule has 1 aromatic carbocycles. The Balaban J connectivity index is 2.00. The summed E-state index contributed by atoms with van der Waals surface area (Å²) in [5.74, 6) is -0.0797. The van der Waals surface area contributed by atoms with Gasteiger partial charge in [0.1, 0.15) is 0 Å². The molecular formula is C17H20ClN3O2. The van der Waals surface area contributed by atoms with Crippen LogP contribution in [0.1, 0.15) is 30.3 Å². The molecule has 0 unspecified atom stereocenters. The zero-order chi connectivity index (χ0) is 16.8. The number of nitrogens with zero attached hydrogens (tertiary/aromatic N) is 2. The lowest BCUT2D eigenvalue weighted by molar-refractivity contribution is -0.116. The van der Waals surface area contributed by atoms with Crippen LogP contribution in [0.4, 0.5) is 5.69 Å². The molecule has 2 rings (SSSR count). The minimum Gasteiger partial charge on any atom is -0.464 e. The SMILES string of the molecule is CCOc1nc(C)c(NC(=O)CCc2cccc(Cl)c2)c(C)n1. The van der Waals surface area contributed by atoms with E-state index >= 15 is 0 Å². The minimum absolute atomic E-state index is 0.0797. The molecule has 0 saturated heterocycles. The molecule has 122 valence electrons. The van der Waals surface area contributed by atoms with Gasteiger partial charge in [0.15, 0.2) is 0 Å². The number of anilines is 1. The third kappa shape index (κ3) is 4.93. The van der Waals surface area contributed by atoms with E-state index in [4.69, 9.17) is 16.3 Å². The van der Waals surface area contributed by atoms with Crippen LogP contribution in [0.3, 0.4) is 0 Å². The molecular weight excluding hydrogens is 314 g/mol. The second kappa shape index (κ2) is 7.92. The normalized spacial score (nSPS) is 10.4. The van der Waals surface area contributed by atoms with E-state index in [1.807, 2.05) is 45.0 Å². The molecule has 0 fully saturated rings. The molecule has 5 nitrogen and oxygen atoms in total. The fourth-order valence-corrected chi connectivity index (χ4v) is 2.43. The standard InChI is InChI=1S/C17H20ClN3O2/c1-4-23-17-19-11(2)16(12(3)20-17)21-15(22)9-8-13-6-5-7-14(18)10-13/h5-7,10H,4,8-9H2,1-3H3,(H,21,22). The molecule has 1 aromatic heterocycles. The maximum absolute atomic E-state index is 12.2. The Hall–Kier alpha value is -2.14. The highest BCUT2D eigenvalue weighted by Crippen LogP contribution is 2.20. The van der Waals surface area contributed by atoms with Crippen LogP contribution < -0.4 is 10.1 Å². The predicted octanol–water partition coefficient (Wildman–Crippen LogP) is 3.72. The van der Waals surface area contributed by atoms with Crippen LogP contribution in [-0.2, 0) is 11.2 Å². The van der Waals surface area contributed by atoms with Gasteiger partial charge in [0.2, 0.25) is 5.91 Å². The smallest absolute Gasteiger partial charge is 0.316 e. The monoisotopic (exact) mass is 333 g/mol. The highest BCUT2D eigenvalue weighted by atomic mass is 35.5. The minimum atomic E-state index is -0.0797. The highest BCUT2D eigenvalue weighted by molar-refractivity contribution is 6.30. The van der Waals surface area contributed by atoms with Gasteiger partial charge in [-0.3, -0.25) is 4.79 Å². The number of hydrogen-bond acceptors (Lipinski definition) is 4. The summed E-state index contributed by atoms with van der Waals surface area (Å²) >= 11 is 5.94. The van der Waals surface area contributed by atoms with Crippen LogP contribution in [0.2, 0.25) is 5.02 Å². The van der Waals surface area contributed by atoms with Crippen LogP contribution in [0, 0.1) is 13.8 Å².